The van der Waals surface area contributed by atoms with Gasteiger partial charge in [0.2, 0.25) is 5.91 Å². The monoisotopic (exact) mass is 344 g/mol. The van der Waals surface area contributed by atoms with Crippen molar-refractivity contribution in [2.24, 2.45) is 0 Å². The summed E-state index contributed by atoms with van der Waals surface area (Å²) in [6.45, 7) is 2.08. The molecule has 0 bridgehead atoms. The van der Waals surface area contributed by atoms with Gasteiger partial charge in [0.25, 0.3) is 0 Å². The van der Waals surface area contributed by atoms with Crippen LogP contribution in [0.1, 0.15) is 30.3 Å². The molecular weight excluding hydrogens is 323 g/mol. The van der Waals surface area contributed by atoms with Crippen LogP contribution in [0.5, 0.6) is 5.75 Å². The minimum Gasteiger partial charge on any atom is -0.490 e. The van der Waals surface area contributed by atoms with E-state index in [1.807, 2.05) is 4.90 Å². The molecule has 2 aliphatic heterocycles. The lowest BCUT2D eigenvalue weighted by molar-refractivity contribution is -0.135. The average molecular weight is 344 g/mol. The molecule has 2 N–H and O–H groups in total. The van der Waals surface area contributed by atoms with Crippen molar-refractivity contribution < 1.29 is 13.9 Å². The topological polar surface area (TPSA) is 70.2 Å². The van der Waals surface area contributed by atoms with Gasteiger partial charge in [0.05, 0.1) is 12.0 Å². The highest BCUT2D eigenvalue weighted by Gasteiger charge is 2.33. The quantitative estimate of drug-likeness (QED) is 0.891. The standard InChI is InChI=1S/C18H21FN4O2/c19-12-1-3-13(4-2-12)25-14-6-9-23(10-7-14)18(24)17-16-15(5-8-20-17)21-11-22-16/h1-4,11,14,17,20H,5-10H2,(H,21,22)/t17-/m0/s1. The lowest BCUT2D eigenvalue weighted by atomic mass is 10.0. The number of fused-ring (bicyclic) bond motifs is 1. The minimum absolute atomic E-state index is 0.0507. The van der Waals surface area contributed by atoms with Crippen LogP contribution in [0.15, 0.2) is 30.6 Å². The molecule has 7 heteroatoms. The highest BCUT2D eigenvalue weighted by Crippen LogP contribution is 2.24. The van der Waals surface area contributed by atoms with Crippen molar-refractivity contribution in [1.29, 1.82) is 0 Å². The molecule has 6 nitrogen and oxygen atoms in total. The van der Waals surface area contributed by atoms with E-state index in [1.165, 1.54) is 12.1 Å². The number of halogens is 1. The highest BCUT2D eigenvalue weighted by atomic mass is 19.1. The molecule has 25 heavy (non-hydrogen) atoms. The third-order valence-corrected chi connectivity index (χ3v) is 4.87. The van der Waals surface area contributed by atoms with Crippen molar-refractivity contribution in [2.45, 2.75) is 31.4 Å². The molecule has 4 rings (SSSR count). The van der Waals surface area contributed by atoms with Crippen molar-refractivity contribution in [1.82, 2.24) is 20.2 Å². The van der Waals surface area contributed by atoms with Gasteiger partial charge in [0, 0.05) is 44.6 Å². The van der Waals surface area contributed by atoms with E-state index in [9.17, 15) is 9.18 Å². The molecule has 1 atom stereocenters. The number of carbonyl (C=O) groups excluding carboxylic acids is 1. The van der Waals surface area contributed by atoms with Gasteiger partial charge in [-0.1, -0.05) is 0 Å². The fraction of sp³-hybridized carbons (Fsp3) is 0.444. The summed E-state index contributed by atoms with van der Waals surface area (Å²) in [7, 11) is 0. The van der Waals surface area contributed by atoms with Crippen molar-refractivity contribution >= 4 is 5.91 Å². The van der Waals surface area contributed by atoms with E-state index < -0.39 is 0 Å². The average Bonchev–Trinajstić information content (AvgIpc) is 3.12. The zero-order chi connectivity index (χ0) is 17.2. The van der Waals surface area contributed by atoms with Crippen LogP contribution in [0.4, 0.5) is 4.39 Å². The number of nitrogens with zero attached hydrogens (tertiary/aromatic N) is 2. The number of aromatic nitrogens is 2. The van der Waals surface area contributed by atoms with Crippen molar-refractivity contribution in [3.05, 3.63) is 47.8 Å². The number of H-pyrrole nitrogens is 1. The summed E-state index contributed by atoms with van der Waals surface area (Å²) in [4.78, 5) is 22.2. The van der Waals surface area contributed by atoms with Crippen LogP contribution < -0.4 is 10.1 Å². The van der Waals surface area contributed by atoms with E-state index in [1.54, 1.807) is 18.5 Å². The Bertz CT molecular complexity index is 738. The number of benzene rings is 1. The van der Waals surface area contributed by atoms with Gasteiger partial charge in [0.15, 0.2) is 0 Å². The van der Waals surface area contributed by atoms with Crippen molar-refractivity contribution in [2.75, 3.05) is 19.6 Å². The van der Waals surface area contributed by atoms with Crippen molar-refractivity contribution in [3.63, 3.8) is 0 Å². The molecule has 3 heterocycles. The Morgan fingerprint density at radius 3 is 2.76 bits per heavy atom. The molecule has 132 valence electrons. The smallest absolute Gasteiger partial charge is 0.246 e. The van der Waals surface area contributed by atoms with Crippen LogP contribution >= 0.6 is 0 Å². The normalized spacial score (nSPS) is 21.0. The summed E-state index contributed by atoms with van der Waals surface area (Å²) < 4.78 is 18.8. The summed E-state index contributed by atoms with van der Waals surface area (Å²) in [5.41, 5.74) is 1.87. The predicted octanol–water partition coefficient (Wildman–Crippen LogP) is 1.81. The van der Waals surface area contributed by atoms with Gasteiger partial charge in [0.1, 0.15) is 23.7 Å². The number of carbonyl (C=O) groups is 1. The van der Waals surface area contributed by atoms with Gasteiger partial charge in [-0.05, 0) is 24.3 Å². The van der Waals surface area contributed by atoms with Gasteiger partial charge in [-0.25, -0.2) is 9.37 Å². The molecule has 1 saturated heterocycles. The number of amides is 1. The Hall–Kier alpha value is -2.41. The number of piperidine rings is 1. The lowest BCUT2D eigenvalue weighted by Gasteiger charge is -2.35. The Labute approximate surface area is 145 Å². The summed E-state index contributed by atoms with van der Waals surface area (Å²) in [5, 5.41) is 3.27. The molecule has 2 aliphatic rings. The second-order valence-corrected chi connectivity index (χ2v) is 6.50. The maximum Gasteiger partial charge on any atom is 0.246 e. The number of nitrogens with one attached hydrogen (secondary N) is 2. The van der Waals surface area contributed by atoms with E-state index in [4.69, 9.17) is 4.74 Å². The molecule has 0 unspecified atom stereocenters. The molecule has 2 aromatic rings. The first-order valence-electron chi connectivity index (χ1n) is 8.67. The highest BCUT2D eigenvalue weighted by molar-refractivity contribution is 5.83. The Kier molecular flexibility index (Phi) is 4.40. The van der Waals surface area contributed by atoms with Gasteiger partial charge in [-0.15, -0.1) is 0 Å². The number of hydrogen-bond acceptors (Lipinski definition) is 4. The maximum atomic E-state index is 13.0. The predicted molar refractivity (Wildman–Crippen MR) is 89.7 cm³/mol. The van der Waals surface area contributed by atoms with Crippen LogP contribution in [0.3, 0.4) is 0 Å². The molecule has 1 aromatic carbocycles. The summed E-state index contributed by atoms with van der Waals surface area (Å²) in [5.74, 6) is 0.472. The van der Waals surface area contributed by atoms with Gasteiger partial charge >= 0.3 is 0 Å². The number of likely N-dealkylation sites (tertiary alicyclic amines) is 1. The van der Waals surface area contributed by atoms with E-state index >= 15 is 0 Å². The maximum absolute atomic E-state index is 13.0. The van der Waals surface area contributed by atoms with Crippen LogP contribution in [-0.2, 0) is 11.2 Å². The molecule has 0 saturated carbocycles. The molecule has 0 aliphatic carbocycles. The first-order valence-corrected chi connectivity index (χ1v) is 8.67. The zero-order valence-corrected chi connectivity index (χ0v) is 13.9. The Morgan fingerprint density at radius 2 is 2.00 bits per heavy atom. The van der Waals surface area contributed by atoms with Crippen LogP contribution in [0, 0.1) is 5.82 Å². The fourth-order valence-corrected chi connectivity index (χ4v) is 3.51. The fourth-order valence-electron chi connectivity index (χ4n) is 3.51. The Balaban J connectivity index is 1.34. The summed E-state index contributed by atoms with van der Waals surface area (Å²) >= 11 is 0. The third-order valence-electron chi connectivity index (χ3n) is 4.87. The van der Waals surface area contributed by atoms with Crippen LogP contribution in [0.25, 0.3) is 0 Å². The number of aromatic amines is 1. The summed E-state index contributed by atoms with van der Waals surface area (Å²) in [6.07, 6.45) is 4.11. The SMILES string of the molecule is O=C([C@H]1NCCc2[nH]cnc21)N1CCC(Oc2ccc(F)cc2)CC1. The molecule has 0 radical (unpaired) electrons. The van der Waals surface area contributed by atoms with Gasteiger partial charge in [-0.2, -0.15) is 0 Å². The number of ether oxygens (including phenoxy) is 1. The van der Waals surface area contributed by atoms with Crippen molar-refractivity contribution in [3.8, 4) is 5.75 Å². The number of hydrogen-bond donors (Lipinski definition) is 2. The zero-order valence-electron chi connectivity index (χ0n) is 13.9. The number of imidazole rings is 1. The van der Waals surface area contributed by atoms with Crippen LogP contribution in [0.2, 0.25) is 0 Å². The molecule has 0 spiro atoms. The van der Waals surface area contributed by atoms with Gasteiger partial charge in [-0.3, -0.25) is 4.79 Å². The van der Waals surface area contributed by atoms with Gasteiger partial charge < -0.3 is 19.9 Å². The number of rotatable bonds is 3. The van der Waals surface area contributed by atoms with E-state index in [2.05, 4.69) is 15.3 Å². The second-order valence-electron chi connectivity index (χ2n) is 6.50. The third kappa shape index (κ3) is 3.37. The second kappa shape index (κ2) is 6.84. The largest absolute Gasteiger partial charge is 0.490 e. The Morgan fingerprint density at radius 1 is 1.24 bits per heavy atom. The molecule has 1 fully saturated rings. The summed E-state index contributed by atoms with van der Waals surface area (Å²) in [6, 6.07) is 5.70. The van der Waals surface area contributed by atoms with E-state index in [0.717, 1.165) is 37.2 Å². The lowest BCUT2D eigenvalue weighted by Crippen LogP contribution is -2.48. The first kappa shape index (κ1) is 16.1. The minimum atomic E-state index is -0.357. The molecule has 1 aromatic heterocycles. The first-order chi connectivity index (χ1) is 12.2. The van der Waals surface area contributed by atoms with E-state index in [-0.39, 0.29) is 23.9 Å². The molecular formula is C18H21FN4O2. The molecule has 1 amide bonds. The van der Waals surface area contributed by atoms with Crippen LogP contribution in [-0.4, -0.2) is 46.5 Å². The van der Waals surface area contributed by atoms with E-state index in [0.29, 0.717) is 18.8 Å².